The summed E-state index contributed by atoms with van der Waals surface area (Å²) in [5.41, 5.74) is 7.99. The van der Waals surface area contributed by atoms with E-state index in [2.05, 4.69) is 82.3 Å². The summed E-state index contributed by atoms with van der Waals surface area (Å²) in [5.74, 6) is 2.89. The maximum Gasteiger partial charge on any atom is 0.129 e. The van der Waals surface area contributed by atoms with Gasteiger partial charge in [-0.3, -0.25) is 0 Å². The van der Waals surface area contributed by atoms with Gasteiger partial charge in [-0.25, -0.2) is 9.97 Å². The van der Waals surface area contributed by atoms with E-state index >= 15 is 0 Å². The Labute approximate surface area is 181 Å². The monoisotopic (exact) mass is 410 g/mol. The fourth-order valence-corrected chi connectivity index (χ4v) is 4.15. The number of H-pyrrole nitrogens is 2. The lowest BCUT2D eigenvalue weighted by molar-refractivity contribution is 0.325. The number of benzene rings is 3. The molecule has 0 bridgehead atoms. The van der Waals surface area contributed by atoms with Gasteiger partial charge in [0.25, 0.3) is 0 Å². The number of aromatic nitrogens is 4. The SMILES string of the molecule is Cc1ccc2c(c1)OCCc1[nH]c(C)nc1-2.Cc1ccc2cc3nc(C)[nH]c3cc2c1. The minimum atomic E-state index is 0.713. The van der Waals surface area contributed by atoms with Crippen LogP contribution in [-0.4, -0.2) is 26.5 Å². The number of imidazole rings is 2. The molecule has 0 atom stereocenters. The molecule has 3 heterocycles. The third-order valence-electron chi connectivity index (χ3n) is 5.61. The van der Waals surface area contributed by atoms with Crippen LogP contribution in [0.5, 0.6) is 5.75 Å². The van der Waals surface area contributed by atoms with Crippen molar-refractivity contribution in [3.63, 3.8) is 0 Å². The number of hydrogen-bond donors (Lipinski definition) is 2. The molecule has 5 heteroatoms. The molecule has 0 radical (unpaired) electrons. The van der Waals surface area contributed by atoms with Crippen molar-refractivity contribution in [1.29, 1.82) is 0 Å². The molecule has 0 amide bonds. The molecule has 0 aliphatic carbocycles. The maximum atomic E-state index is 5.75. The Morgan fingerprint density at radius 3 is 2.42 bits per heavy atom. The Bertz CT molecular complexity index is 1410. The molecule has 31 heavy (non-hydrogen) atoms. The fourth-order valence-electron chi connectivity index (χ4n) is 4.15. The quantitative estimate of drug-likeness (QED) is 0.331. The predicted octanol–water partition coefficient (Wildman–Crippen LogP) is 5.96. The molecule has 3 aromatic carbocycles. The minimum Gasteiger partial charge on any atom is -0.492 e. The zero-order valence-electron chi connectivity index (χ0n) is 18.3. The van der Waals surface area contributed by atoms with E-state index in [-0.39, 0.29) is 0 Å². The van der Waals surface area contributed by atoms with E-state index in [1.807, 2.05) is 13.8 Å². The third-order valence-corrected chi connectivity index (χ3v) is 5.61. The van der Waals surface area contributed by atoms with Gasteiger partial charge in [-0.2, -0.15) is 0 Å². The summed E-state index contributed by atoms with van der Waals surface area (Å²) in [6, 6.07) is 17.0. The van der Waals surface area contributed by atoms with Crippen molar-refractivity contribution in [2.45, 2.75) is 34.1 Å². The summed E-state index contributed by atoms with van der Waals surface area (Å²) < 4.78 is 5.75. The van der Waals surface area contributed by atoms with Crippen LogP contribution in [0.25, 0.3) is 33.1 Å². The minimum absolute atomic E-state index is 0.713. The van der Waals surface area contributed by atoms with Gasteiger partial charge in [-0.05, 0) is 68.3 Å². The molecule has 5 aromatic rings. The smallest absolute Gasteiger partial charge is 0.129 e. The second kappa shape index (κ2) is 7.58. The van der Waals surface area contributed by atoms with Gasteiger partial charge in [0.2, 0.25) is 0 Å². The van der Waals surface area contributed by atoms with Gasteiger partial charge in [0.1, 0.15) is 17.4 Å². The molecule has 1 aliphatic rings. The molecule has 0 spiro atoms. The Hall–Kier alpha value is -3.60. The third kappa shape index (κ3) is 3.79. The van der Waals surface area contributed by atoms with Crippen molar-refractivity contribution < 1.29 is 4.74 Å². The second-order valence-electron chi connectivity index (χ2n) is 8.29. The largest absolute Gasteiger partial charge is 0.492 e. The van der Waals surface area contributed by atoms with Crippen LogP contribution in [0.4, 0.5) is 0 Å². The topological polar surface area (TPSA) is 66.6 Å². The maximum absolute atomic E-state index is 5.75. The number of fused-ring (bicyclic) bond motifs is 5. The Balaban J connectivity index is 0.000000132. The highest BCUT2D eigenvalue weighted by atomic mass is 16.5. The van der Waals surface area contributed by atoms with E-state index in [0.717, 1.165) is 46.1 Å². The van der Waals surface area contributed by atoms with Gasteiger partial charge >= 0.3 is 0 Å². The predicted molar refractivity (Wildman–Crippen MR) is 126 cm³/mol. The summed E-state index contributed by atoms with van der Waals surface area (Å²) in [6.07, 6.45) is 0.893. The van der Waals surface area contributed by atoms with Gasteiger partial charge in [-0.1, -0.05) is 29.8 Å². The van der Waals surface area contributed by atoms with Crippen molar-refractivity contribution in [1.82, 2.24) is 19.9 Å². The van der Waals surface area contributed by atoms with Gasteiger partial charge in [0, 0.05) is 17.7 Å². The summed E-state index contributed by atoms with van der Waals surface area (Å²) in [4.78, 5) is 15.5. The van der Waals surface area contributed by atoms with Crippen molar-refractivity contribution in [3.8, 4) is 17.0 Å². The van der Waals surface area contributed by atoms with Gasteiger partial charge < -0.3 is 14.7 Å². The number of aryl methyl sites for hydroxylation is 4. The molecule has 1 aliphatic heterocycles. The van der Waals surface area contributed by atoms with Gasteiger partial charge in [0.15, 0.2) is 0 Å². The lowest BCUT2D eigenvalue weighted by Crippen LogP contribution is -1.99. The molecular formula is C26H26N4O. The number of hydrogen-bond acceptors (Lipinski definition) is 3. The highest BCUT2D eigenvalue weighted by Gasteiger charge is 2.18. The first kappa shape index (κ1) is 19.4. The van der Waals surface area contributed by atoms with Crippen molar-refractivity contribution in [2.75, 3.05) is 6.61 Å². The number of aromatic amines is 2. The van der Waals surface area contributed by atoms with Crippen molar-refractivity contribution in [3.05, 3.63) is 77.0 Å². The van der Waals surface area contributed by atoms with E-state index in [1.165, 1.54) is 27.6 Å². The highest BCUT2D eigenvalue weighted by molar-refractivity contribution is 5.95. The lowest BCUT2D eigenvalue weighted by Gasteiger charge is -2.07. The summed E-state index contributed by atoms with van der Waals surface area (Å²) in [5, 5.41) is 2.52. The lowest BCUT2D eigenvalue weighted by atomic mass is 10.1. The molecule has 156 valence electrons. The van der Waals surface area contributed by atoms with E-state index in [0.29, 0.717) is 6.61 Å². The number of ether oxygens (including phenoxy) is 1. The Morgan fingerprint density at radius 2 is 1.55 bits per heavy atom. The zero-order valence-corrected chi connectivity index (χ0v) is 18.3. The van der Waals surface area contributed by atoms with Crippen LogP contribution in [0.1, 0.15) is 28.5 Å². The van der Waals surface area contributed by atoms with Gasteiger partial charge in [0.05, 0.1) is 23.3 Å². The molecule has 2 N–H and O–H groups in total. The average Bonchev–Trinajstić information content (AvgIpc) is 3.22. The summed E-state index contributed by atoms with van der Waals surface area (Å²) in [7, 11) is 0. The van der Waals surface area contributed by atoms with Crippen LogP contribution in [0.2, 0.25) is 0 Å². The molecule has 0 saturated heterocycles. The number of nitrogens with one attached hydrogen (secondary N) is 2. The van der Waals surface area contributed by atoms with Crippen molar-refractivity contribution >= 4 is 21.8 Å². The van der Waals surface area contributed by atoms with Crippen LogP contribution >= 0.6 is 0 Å². The van der Waals surface area contributed by atoms with Crippen LogP contribution < -0.4 is 4.74 Å². The molecular weight excluding hydrogens is 384 g/mol. The van der Waals surface area contributed by atoms with Crippen LogP contribution in [0, 0.1) is 27.7 Å². The number of rotatable bonds is 0. The second-order valence-corrected chi connectivity index (χ2v) is 8.29. The average molecular weight is 411 g/mol. The van der Waals surface area contributed by atoms with Crippen LogP contribution in [0.3, 0.4) is 0 Å². The molecule has 5 nitrogen and oxygen atoms in total. The first-order valence-corrected chi connectivity index (χ1v) is 10.6. The van der Waals surface area contributed by atoms with E-state index in [1.54, 1.807) is 0 Å². The molecule has 2 aromatic heterocycles. The van der Waals surface area contributed by atoms with E-state index in [4.69, 9.17) is 4.74 Å². The van der Waals surface area contributed by atoms with Crippen LogP contribution in [-0.2, 0) is 6.42 Å². The van der Waals surface area contributed by atoms with Gasteiger partial charge in [-0.15, -0.1) is 0 Å². The summed E-state index contributed by atoms with van der Waals surface area (Å²) in [6.45, 7) is 8.87. The van der Waals surface area contributed by atoms with Crippen LogP contribution in [0.15, 0.2) is 48.5 Å². The molecule has 6 rings (SSSR count). The first-order chi connectivity index (χ1) is 15.0. The van der Waals surface area contributed by atoms with E-state index in [9.17, 15) is 0 Å². The fraction of sp³-hybridized carbons (Fsp3) is 0.231. The van der Waals surface area contributed by atoms with E-state index < -0.39 is 0 Å². The Morgan fingerprint density at radius 1 is 0.774 bits per heavy atom. The molecule has 0 unspecified atom stereocenters. The summed E-state index contributed by atoms with van der Waals surface area (Å²) >= 11 is 0. The first-order valence-electron chi connectivity index (χ1n) is 10.6. The molecule has 0 saturated carbocycles. The highest BCUT2D eigenvalue weighted by Crippen LogP contribution is 2.34. The van der Waals surface area contributed by atoms with Crippen molar-refractivity contribution in [2.24, 2.45) is 0 Å². The molecule has 0 fully saturated rings. The Kier molecular flexibility index (Phi) is 4.74. The standard InChI is InChI=1S/C13H14N2O.C13H12N2/c1-8-3-4-10-12(7-8)16-6-5-11-13(10)15-9(2)14-11;1-8-3-4-10-6-12-13(7-11(10)5-8)15-9(2)14-12/h3-4,7H,5-6H2,1-2H3,(H,14,15);3-7H,1-2H3,(H,14,15). The normalized spacial score (nSPS) is 12.5. The zero-order chi connectivity index (χ0) is 21.5. The number of nitrogens with zero attached hydrogens (tertiary/aromatic N) is 2.